The average Bonchev–Trinajstić information content (AvgIpc) is 2.63. The number of hydrogen-bond donors (Lipinski definition) is 2. The lowest BCUT2D eigenvalue weighted by Crippen LogP contribution is -2.17. The number of aromatic nitrogens is 1. The number of aryl methyl sites for hydroxylation is 2. The number of carbonyl (C=O) groups excluding carboxylic acids is 2. The molecule has 0 aliphatic carbocycles. The Hall–Kier alpha value is -3.61. The summed E-state index contributed by atoms with van der Waals surface area (Å²) in [7, 11) is 0. The molecule has 0 spiro atoms. The van der Waals surface area contributed by atoms with Gasteiger partial charge in [-0.05, 0) is 55.3 Å². The van der Waals surface area contributed by atoms with E-state index >= 15 is 0 Å². The summed E-state index contributed by atoms with van der Waals surface area (Å²) in [5.74, 6) is -2.74. The van der Waals surface area contributed by atoms with Crippen LogP contribution in [0.25, 0.3) is 0 Å². The number of anilines is 2. The molecule has 0 unspecified atom stereocenters. The first-order chi connectivity index (χ1) is 13.3. The van der Waals surface area contributed by atoms with Gasteiger partial charge in [-0.3, -0.25) is 14.6 Å². The maximum atomic E-state index is 13.7. The van der Waals surface area contributed by atoms with Gasteiger partial charge in [0.1, 0.15) is 11.6 Å². The molecule has 0 aliphatic rings. The van der Waals surface area contributed by atoms with E-state index < -0.39 is 23.4 Å². The molecule has 1 heterocycles. The van der Waals surface area contributed by atoms with E-state index in [2.05, 4.69) is 15.6 Å². The zero-order valence-electron chi connectivity index (χ0n) is 15.2. The zero-order chi connectivity index (χ0) is 20.3. The normalized spacial score (nSPS) is 10.4. The molecule has 5 nitrogen and oxygen atoms in total. The molecular formula is C21H17F2N3O2. The van der Waals surface area contributed by atoms with Gasteiger partial charge in [0.25, 0.3) is 11.8 Å². The van der Waals surface area contributed by atoms with Crippen molar-refractivity contribution in [3.63, 3.8) is 0 Å². The van der Waals surface area contributed by atoms with Crippen LogP contribution in [0.2, 0.25) is 0 Å². The van der Waals surface area contributed by atoms with Crippen molar-refractivity contribution >= 4 is 23.2 Å². The second-order valence-corrected chi connectivity index (χ2v) is 6.37. The number of halogens is 2. The highest BCUT2D eigenvalue weighted by Crippen LogP contribution is 2.17. The highest BCUT2D eigenvalue weighted by atomic mass is 19.1. The number of nitrogens with zero attached hydrogens (tertiary/aromatic N) is 1. The number of rotatable bonds is 4. The van der Waals surface area contributed by atoms with Gasteiger partial charge in [0.05, 0.1) is 16.8 Å². The maximum absolute atomic E-state index is 13.7. The lowest BCUT2D eigenvalue weighted by atomic mass is 10.1. The fourth-order valence-electron chi connectivity index (χ4n) is 2.72. The van der Waals surface area contributed by atoms with E-state index in [1.54, 1.807) is 0 Å². The fraction of sp³-hybridized carbons (Fsp3) is 0.0952. The fourth-order valence-corrected chi connectivity index (χ4v) is 2.72. The van der Waals surface area contributed by atoms with Crippen molar-refractivity contribution in [2.75, 3.05) is 10.6 Å². The lowest BCUT2D eigenvalue weighted by molar-refractivity contribution is 0.102. The first-order valence-electron chi connectivity index (χ1n) is 8.43. The molecule has 2 aromatic carbocycles. The van der Waals surface area contributed by atoms with Crippen LogP contribution in [0, 0.1) is 25.5 Å². The number of pyridine rings is 1. The van der Waals surface area contributed by atoms with Gasteiger partial charge in [-0.15, -0.1) is 0 Å². The van der Waals surface area contributed by atoms with E-state index in [-0.39, 0.29) is 16.8 Å². The molecule has 0 fully saturated rings. The Kier molecular flexibility index (Phi) is 5.44. The van der Waals surface area contributed by atoms with Crippen molar-refractivity contribution < 1.29 is 18.4 Å². The molecule has 7 heteroatoms. The molecule has 0 bridgehead atoms. The molecule has 0 saturated heterocycles. The topological polar surface area (TPSA) is 71.1 Å². The van der Waals surface area contributed by atoms with Crippen LogP contribution in [0.3, 0.4) is 0 Å². The Balaban J connectivity index is 1.77. The Labute approximate surface area is 160 Å². The van der Waals surface area contributed by atoms with E-state index in [9.17, 15) is 18.4 Å². The molecule has 0 radical (unpaired) electrons. The highest BCUT2D eigenvalue weighted by Gasteiger charge is 2.14. The molecule has 0 aliphatic heterocycles. The third-order valence-electron chi connectivity index (χ3n) is 3.92. The van der Waals surface area contributed by atoms with Crippen molar-refractivity contribution in [3.05, 3.63) is 88.7 Å². The van der Waals surface area contributed by atoms with Crippen LogP contribution in [0.15, 0.2) is 54.9 Å². The quantitative estimate of drug-likeness (QED) is 0.700. The molecule has 3 rings (SSSR count). The minimum Gasteiger partial charge on any atom is -0.322 e. The number of benzene rings is 2. The summed E-state index contributed by atoms with van der Waals surface area (Å²) in [6, 6.07) is 9.80. The van der Waals surface area contributed by atoms with Gasteiger partial charge in [-0.2, -0.15) is 0 Å². The Morgan fingerprint density at radius 2 is 1.43 bits per heavy atom. The summed E-state index contributed by atoms with van der Waals surface area (Å²) in [5.41, 5.74) is 2.70. The van der Waals surface area contributed by atoms with Gasteiger partial charge in [0.15, 0.2) is 0 Å². The third kappa shape index (κ3) is 4.56. The van der Waals surface area contributed by atoms with E-state index in [4.69, 9.17) is 0 Å². The standard InChI is InChI=1S/C21H17F2N3O2/c1-12-5-13(2)7-17(6-12)25-20(27)14-8-15(11-24-10-14)21(28)26-19-4-3-16(22)9-18(19)23/h3-11H,1-2H3,(H,25,27)(H,26,28). The van der Waals surface area contributed by atoms with Gasteiger partial charge in [0.2, 0.25) is 0 Å². The Morgan fingerprint density at radius 3 is 2.04 bits per heavy atom. The van der Waals surface area contributed by atoms with E-state index in [0.29, 0.717) is 11.8 Å². The summed E-state index contributed by atoms with van der Waals surface area (Å²) in [6.07, 6.45) is 2.58. The van der Waals surface area contributed by atoms with E-state index in [0.717, 1.165) is 23.3 Å². The number of amides is 2. The Morgan fingerprint density at radius 1 is 0.821 bits per heavy atom. The minimum absolute atomic E-state index is 0.0665. The second kappa shape index (κ2) is 7.96. The molecule has 1 aromatic heterocycles. The minimum atomic E-state index is -0.898. The molecule has 2 amide bonds. The number of nitrogens with one attached hydrogen (secondary N) is 2. The lowest BCUT2D eigenvalue weighted by Gasteiger charge is -2.09. The van der Waals surface area contributed by atoms with E-state index in [1.807, 2.05) is 32.0 Å². The Bertz CT molecular complexity index is 1050. The van der Waals surface area contributed by atoms with Crippen LogP contribution in [-0.2, 0) is 0 Å². The van der Waals surface area contributed by atoms with Gasteiger partial charge >= 0.3 is 0 Å². The first kappa shape index (κ1) is 19.2. The molecular weight excluding hydrogens is 364 g/mol. The zero-order valence-corrected chi connectivity index (χ0v) is 15.2. The van der Waals surface area contributed by atoms with Crippen LogP contribution in [0.5, 0.6) is 0 Å². The summed E-state index contributed by atoms with van der Waals surface area (Å²) < 4.78 is 26.7. The van der Waals surface area contributed by atoms with Crippen molar-refractivity contribution in [1.29, 1.82) is 0 Å². The molecule has 0 atom stereocenters. The summed E-state index contributed by atoms with van der Waals surface area (Å²) >= 11 is 0. The van der Waals surface area contributed by atoms with Crippen molar-refractivity contribution in [1.82, 2.24) is 4.98 Å². The average molecular weight is 381 g/mol. The van der Waals surface area contributed by atoms with Crippen LogP contribution in [0.1, 0.15) is 31.8 Å². The molecule has 2 N–H and O–H groups in total. The van der Waals surface area contributed by atoms with E-state index in [1.165, 1.54) is 18.5 Å². The number of carbonyl (C=O) groups is 2. The van der Waals surface area contributed by atoms with Gasteiger partial charge in [-0.1, -0.05) is 6.07 Å². The predicted molar refractivity (Wildman–Crippen MR) is 102 cm³/mol. The maximum Gasteiger partial charge on any atom is 0.257 e. The smallest absolute Gasteiger partial charge is 0.257 e. The predicted octanol–water partition coefficient (Wildman–Crippen LogP) is 4.48. The molecule has 3 aromatic rings. The largest absolute Gasteiger partial charge is 0.322 e. The van der Waals surface area contributed by atoms with Crippen molar-refractivity contribution in [3.8, 4) is 0 Å². The van der Waals surface area contributed by atoms with Crippen LogP contribution < -0.4 is 10.6 Å². The molecule has 142 valence electrons. The third-order valence-corrected chi connectivity index (χ3v) is 3.92. The SMILES string of the molecule is Cc1cc(C)cc(NC(=O)c2cncc(C(=O)Nc3ccc(F)cc3F)c2)c1. The van der Waals surface area contributed by atoms with Gasteiger partial charge in [0, 0.05) is 24.1 Å². The van der Waals surface area contributed by atoms with Gasteiger partial charge in [-0.25, -0.2) is 8.78 Å². The monoisotopic (exact) mass is 381 g/mol. The second-order valence-electron chi connectivity index (χ2n) is 6.37. The van der Waals surface area contributed by atoms with Crippen molar-refractivity contribution in [2.24, 2.45) is 0 Å². The first-order valence-corrected chi connectivity index (χ1v) is 8.43. The highest BCUT2D eigenvalue weighted by molar-refractivity contribution is 6.08. The summed E-state index contributed by atoms with van der Waals surface area (Å²) in [5, 5.41) is 5.09. The van der Waals surface area contributed by atoms with Crippen LogP contribution >= 0.6 is 0 Å². The van der Waals surface area contributed by atoms with Crippen LogP contribution in [0.4, 0.5) is 20.2 Å². The summed E-state index contributed by atoms with van der Waals surface area (Å²) in [4.78, 5) is 28.7. The van der Waals surface area contributed by atoms with Crippen LogP contribution in [-0.4, -0.2) is 16.8 Å². The summed E-state index contributed by atoms with van der Waals surface area (Å²) in [6.45, 7) is 3.84. The molecule has 28 heavy (non-hydrogen) atoms. The van der Waals surface area contributed by atoms with Gasteiger partial charge < -0.3 is 10.6 Å². The number of hydrogen-bond acceptors (Lipinski definition) is 3. The molecule has 0 saturated carbocycles. The van der Waals surface area contributed by atoms with Crippen molar-refractivity contribution in [2.45, 2.75) is 13.8 Å².